The molecule has 11 heteroatoms. The quantitative estimate of drug-likeness (QED) is 0.177. The highest BCUT2D eigenvalue weighted by Gasteiger charge is 2.32. The summed E-state index contributed by atoms with van der Waals surface area (Å²) in [5.74, 6) is -2.55. The average molecular weight is 573 g/mol. The monoisotopic (exact) mass is 572 g/mol. The van der Waals surface area contributed by atoms with Crippen molar-refractivity contribution >= 4 is 35.5 Å². The Bertz CT molecular complexity index is 1120. The van der Waals surface area contributed by atoms with E-state index in [0.29, 0.717) is 24.2 Å². The average Bonchev–Trinajstić information content (AvgIpc) is 2.94. The number of aromatic hydroxyl groups is 1. The highest BCUT2D eigenvalue weighted by Crippen LogP contribution is 2.13. The molecule has 2 aromatic rings. The summed E-state index contributed by atoms with van der Waals surface area (Å²) in [5.41, 5.74) is 7.63. The second-order valence-electron chi connectivity index (χ2n) is 9.78. The second-order valence-corrected chi connectivity index (χ2v) is 10.8. The lowest BCUT2D eigenvalue weighted by atomic mass is 9.96. The van der Waals surface area contributed by atoms with Gasteiger partial charge in [0.25, 0.3) is 0 Å². The van der Waals surface area contributed by atoms with Crippen LogP contribution in [0.3, 0.4) is 0 Å². The minimum absolute atomic E-state index is 0.00456. The van der Waals surface area contributed by atoms with E-state index >= 15 is 0 Å². The lowest BCUT2D eigenvalue weighted by Gasteiger charge is -2.28. The van der Waals surface area contributed by atoms with E-state index in [-0.39, 0.29) is 24.5 Å². The summed E-state index contributed by atoms with van der Waals surface area (Å²) in [6, 6.07) is 11.3. The molecule has 0 aliphatic carbocycles. The number of rotatable bonds is 16. The fourth-order valence-corrected chi connectivity index (χ4v) is 4.50. The first-order chi connectivity index (χ1) is 19.0. The largest absolute Gasteiger partial charge is 0.508 e. The predicted octanol–water partition coefficient (Wildman–Crippen LogP) is 1.84. The van der Waals surface area contributed by atoms with Crippen LogP contribution >= 0.6 is 11.8 Å². The van der Waals surface area contributed by atoms with E-state index in [9.17, 15) is 29.4 Å². The summed E-state index contributed by atoms with van der Waals surface area (Å²) >= 11 is 1.48. The van der Waals surface area contributed by atoms with Gasteiger partial charge in [-0.2, -0.15) is 11.8 Å². The van der Waals surface area contributed by atoms with Crippen molar-refractivity contribution in [1.29, 1.82) is 0 Å². The minimum atomic E-state index is -1.24. The Morgan fingerprint density at radius 1 is 0.850 bits per heavy atom. The Labute approximate surface area is 239 Å². The van der Waals surface area contributed by atoms with Gasteiger partial charge >= 0.3 is 5.97 Å². The molecule has 0 saturated carbocycles. The molecule has 2 rings (SSSR count). The highest BCUT2D eigenvalue weighted by molar-refractivity contribution is 7.98. The molecule has 0 aliphatic rings. The third kappa shape index (κ3) is 10.5. The molecule has 2 aromatic carbocycles. The van der Waals surface area contributed by atoms with Crippen LogP contribution in [-0.4, -0.2) is 70.1 Å². The third-order valence-corrected chi connectivity index (χ3v) is 7.31. The molecule has 0 aliphatic heterocycles. The first kappa shape index (κ1) is 32.6. The molecular formula is C29H40N4O6S. The van der Waals surface area contributed by atoms with Crippen LogP contribution in [0.1, 0.15) is 37.8 Å². The number of thioether (sulfide) groups is 1. The predicted molar refractivity (Wildman–Crippen MR) is 156 cm³/mol. The number of amides is 3. The topological polar surface area (TPSA) is 171 Å². The van der Waals surface area contributed by atoms with Gasteiger partial charge in [0.1, 0.15) is 23.9 Å². The van der Waals surface area contributed by atoms with E-state index in [4.69, 9.17) is 5.73 Å². The molecule has 0 spiro atoms. The number of hydrogen-bond acceptors (Lipinski definition) is 7. The molecule has 0 bridgehead atoms. The van der Waals surface area contributed by atoms with E-state index < -0.39 is 47.9 Å². The number of phenolic OH excluding ortho intramolecular Hbond substituents is 1. The van der Waals surface area contributed by atoms with Gasteiger partial charge in [-0.3, -0.25) is 14.4 Å². The smallest absolute Gasteiger partial charge is 0.326 e. The SMILES string of the molecule is CCC(C)C(NC(=O)C(N)Cc1ccccc1)C(=O)NC(CCSC)C(=O)NC(Cc1ccc(O)cc1)C(=O)O. The van der Waals surface area contributed by atoms with E-state index in [1.807, 2.05) is 50.4 Å². The number of phenols is 1. The summed E-state index contributed by atoms with van der Waals surface area (Å²) in [6.07, 6.45) is 3.01. The lowest BCUT2D eigenvalue weighted by molar-refractivity contribution is -0.142. The molecule has 7 N–H and O–H groups in total. The van der Waals surface area contributed by atoms with Crippen molar-refractivity contribution in [2.45, 2.75) is 63.7 Å². The van der Waals surface area contributed by atoms with Crippen molar-refractivity contribution in [3.05, 3.63) is 65.7 Å². The van der Waals surface area contributed by atoms with Gasteiger partial charge < -0.3 is 31.9 Å². The molecule has 5 atom stereocenters. The van der Waals surface area contributed by atoms with Crippen molar-refractivity contribution < 1.29 is 29.4 Å². The number of benzene rings is 2. The van der Waals surface area contributed by atoms with Crippen LogP contribution in [0, 0.1) is 5.92 Å². The fourth-order valence-electron chi connectivity index (χ4n) is 4.03. The molecule has 3 amide bonds. The zero-order valence-electron chi connectivity index (χ0n) is 23.1. The zero-order chi connectivity index (χ0) is 29.7. The Hall–Kier alpha value is -3.57. The Kier molecular flexibility index (Phi) is 13.5. The van der Waals surface area contributed by atoms with Crippen LogP contribution < -0.4 is 21.7 Å². The normalized spacial score (nSPS) is 14.7. The molecule has 40 heavy (non-hydrogen) atoms. The van der Waals surface area contributed by atoms with Crippen molar-refractivity contribution in [1.82, 2.24) is 16.0 Å². The fraction of sp³-hybridized carbons (Fsp3) is 0.448. The van der Waals surface area contributed by atoms with Gasteiger partial charge in [0.2, 0.25) is 17.7 Å². The molecule has 5 unspecified atom stereocenters. The molecule has 0 radical (unpaired) electrons. The molecule has 0 heterocycles. The van der Waals surface area contributed by atoms with E-state index in [0.717, 1.165) is 5.56 Å². The summed E-state index contributed by atoms with van der Waals surface area (Å²) in [5, 5.41) is 27.2. The first-order valence-electron chi connectivity index (χ1n) is 13.3. The van der Waals surface area contributed by atoms with E-state index in [1.54, 1.807) is 12.1 Å². The first-order valence-corrected chi connectivity index (χ1v) is 14.6. The summed E-state index contributed by atoms with van der Waals surface area (Å²) in [4.78, 5) is 51.4. The van der Waals surface area contributed by atoms with Gasteiger partial charge in [-0.15, -0.1) is 0 Å². The van der Waals surface area contributed by atoms with Crippen LogP contribution in [-0.2, 0) is 32.0 Å². The summed E-state index contributed by atoms with van der Waals surface area (Å²) < 4.78 is 0. The number of carboxylic acid groups (broad SMARTS) is 1. The Morgan fingerprint density at radius 3 is 2.02 bits per heavy atom. The number of aliphatic carboxylic acids is 1. The molecule has 10 nitrogen and oxygen atoms in total. The van der Waals surface area contributed by atoms with E-state index in [1.165, 1.54) is 23.9 Å². The number of nitrogens with one attached hydrogen (secondary N) is 3. The zero-order valence-corrected chi connectivity index (χ0v) is 23.9. The van der Waals surface area contributed by atoms with Crippen LogP contribution in [0.5, 0.6) is 5.75 Å². The number of hydrogen-bond donors (Lipinski definition) is 6. The van der Waals surface area contributed by atoms with Crippen LogP contribution in [0.2, 0.25) is 0 Å². The Balaban J connectivity index is 2.13. The summed E-state index contributed by atoms with van der Waals surface area (Å²) in [6.45, 7) is 3.71. The molecule has 0 aromatic heterocycles. The third-order valence-electron chi connectivity index (χ3n) is 6.66. The maximum absolute atomic E-state index is 13.4. The van der Waals surface area contributed by atoms with Crippen molar-refractivity contribution in [2.75, 3.05) is 12.0 Å². The van der Waals surface area contributed by atoms with E-state index in [2.05, 4.69) is 16.0 Å². The second kappa shape index (κ2) is 16.5. The number of carboxylic acids is 1. The standard InChI is InChI=1S/C29H40N4O6S/c1-4-18(2)25(33-26(35)22(30)16-19-8-6-5-7-9-19)28(37)31-23(14-15-40-3)27(36)32-24(29(38)39)17-20-10-12-21(34)13-11-20/h5-13,18,22-25,34H,4,14-17,30H2,1-3H3,(H,31,37)(H,32,36)(H,33,35)(H,38,39). The highest BCUT2D eigenvalue weighted by atomic mass is 32.2. The molecule has 218 valence electrons. The van der Waals surface area contributed by atoms with Crippen molar-refractivity contribution in [2.24, 2.45) is 11.7 Å². The molecule has 0 fully saturated rings. The Morgan fingerprint density at radius 2 is 1.45 bits per heavy atom. The van der Waals surface area contributed by atoms with Gasteiger partial charge in [-0.1, -0.05) is 62.7 Å². The van der Waals surface area contributed by atoms with Crippen LogP contribution in [0.15, 0.2) is 54.6 Å². The summed E-state index contributed by atoms with van der Waals surface area (Å²) in [7, 11) is 0. The molecule has 0 saturated heterocycles. The number of carbonyl (C=O) groups is 4. The van der Waals surface area contributed by atoms with Crippen LogP contribution in [0.4, 0.5) is 0 Å². The van der Waals surface area contributed by atoms with Gasteiger partial charge in [-0.25, -0.2) is 4.79 Å². The number of carbonyl (C=O) groups excluding carboxylic acids is 3. The van der Waals surface area contributed by atoms with Gasteiger partial charge in [0.05, 0.1) is 6.04 Å². The van der Waals surface area contributed by atoms with Crippen molar-refractivity contribution in [3.8, 4) is 5.75 Å². The van der Waals surface area contributed by atoms with Gasteiger partial charge in [0, 0.05) is 6.42 Å². The lowest BCUT2D eigenvalue weighted by Crippen LogP contribution is -2.59. The van der Waals surface area contributed by atoms with Crippen LogP contribution in [0.25, 0.3) is 0 Å². The number of nitrogens with two attached hydrogens (primary N) is 1. The van der Waals surface area contributed by atoms with Gasteiger partial charge in [0.15, 0.2) is 0 Å². The maximum atomic E-state index is 13.4. The van der Waals surface area contributed by atoms with Gasteiger partial charge in [-0.05, 0) is 54.0 Å². The maximum Gasteiger partial charge on any atom is 0.326 e. The molecular weight excluding hydrogens is 532 g/mol. The minimum Gasteiger partial charge on any atom is -0.508 e. The van der Waals surface area contributed by atoms with Crippen molar-refractivity contribution in [3.63, 3.8) is 0 Å².